The van der Waals surface area contributed by atoms with E-state index < -0.39 is 5.60 Å². The monoisotopic (exact) mass is 283 g/mol. The van der Waals surface area contributed by atoms with Gasteiger partial charge in [0, 0.05) is 19.0 Å². The fourth-order valence-electron chi connectivity index (χ4n) is 2.15. The minimum Gasteiger partial charge on any atom is -0.387 e. The van der Waals surface area contributed by atoms with Crippen molar-refractivity contribution in [3.8, 4) is 0 Å². The second kappa shape index (κ2) is 6.37. The van der Waals surface area contributed by atoms with Crippen LogP contribution in [0.5, 0.6) is 0 Å². The first-order valence-electron chi connectivity index (χ1n) is 6.75. The topological polar surface area (TPSA) is 78.6 Å². The molecule has 1 amide bonds. The van der Waals surface area contributed by atoms with Gasteiger partial charge in [-0.2, -0.15) is 0 Å². The average molecular weight is 283 g/mol. The summed E-state index contributed by atoms with van der Waals surface area (Å²) < 4.78 is 5.19. The lowest BCUT2D eigenvalue weighted by atomic mass is 10.0. The minimum atomic E-state index is -0.984. The van der Waals surface area contributed by atoms with Crippen LogP contribution in [0, 0.1) is 6.92 Å². The molecule has 1 aromatic heterocycles. The third-order valence-corrected chi connectivity index (χ3v) is 2.93. The van der Waals surface area contributed by atoms with Gasteiger partial charge in [0.25, 0.3) is 5.91 Å². The standard InChI is InChI=1S/C14H25N3O3/c1-9(2)12-11(10(3)16-20-12)13(18)15-7-14(4,19)8-17(5)6/h9,19H,7-8H2,1-6H3,(H,15,18). The molecule has 114 valence electrons. The molecule has 6 nitrogen and oxygen atoms in total. The van der Waals surface area contributed by atoms with E-state index >= 15 is 0 Å². The van der Waals surface area contributed by atoms with E-state index in [2.05, 4.69) is 10.5 Å². The Bertz CT molecular complexity index is 464. The van der Waals surface area contributed by atoms with Gasteiger partial charge in [-0.05, 0) is 27.9 Å². The van der Waals surface area contributed by atoms with E-state index in [1.165, 1.54) is 0 Å². The van der Waals surface area contributed by atoms with Crippen LogP contribution in [0.1, 0.15) is 48.5 Å². The zero-order valence-electron chi connectivity index (χ0n) is 13.1. The zero-order valence-corrected chi connectivity index (χ0v) is 13.1. The molecule has 1 unspecified atom stereocenters. The summed E-state index contributed by atoms with van der Waals surface area (Å²) in [6, 6.07) is 0. The lowest BCUT2D eigenvalue weighted by Crippen LogP contribution is -2.47. The second-order valence-corrected chi connectivity index (χ2v) is 6.08. The molecule has 0 fully saturated rings. The van der Waals surface area contributed by atoms with E-state index in [0.29, 0.717) is 23.6 Å². The molecule has 0 aromatic carbocycles. The van der Waals surface area contributed by atoms with Gasteiger partial charge in [-0.3, -0.25) is 4.79 Å². The first-order chi connectivity index (χ1) is 9.14. The molecule has 1 aromatic rings. The van der Waals surface area contributed by atoms with Crippen LogP contribution >= 0.6 is 0 Å². The summed E-state index contributed by atoms with van der Waals surface area (Å²) in [6.45, 7) is 7.95. The normalized spacial score (nSPS) is 14.7. The SMILES string of the molecule is Cc1noc(C(C)C)c1C(=O)NCC(C)(O)CN(C)C. The second-order valence-electron chi connectivity index (χ2n) is 6.08. The van der Waals surface area contributed by atoms with Crippen LogP contribution in [0.4, 0.5) is 0 Å². The Balaban J connectivity index is 2.75. The number of nitrogens with one attached hydrogen (secondary N) is 1. The minimum absolute atomic E-state index is 0.0826. The molecule has 0 aliphatic carbocycles. The number of carbonyl (C=O) groups excluding carboxylic acids is 1. The van der Waals surface area contributed by atoms with Gasteiger partial charge >= 0.3 is 0 Å². The van der Waals surface area contributed by atoms with Gasteiger partial charge in [-0.1, -0.05) is 19.0 Å². The van der Waals surface area contributed by atoms with Crippen LogP contribution in [0.25, 0.3) is 0 Å². The van der Waals surface area contributed by atoms with Gasteiger partial charge in [-0.25, -0.2) is 0 Å². The van der Waals surface area contributed by atoms with Crippen LogP contribution in [0.15, 0.2) is 4.52 Å². The summed E-state index contributed by atoms with van der Waals surface area (Å²) in [6.07, 6.45) is 0. The van der Waals surface area contributed by atoms with Crippen molar-refractivity contribution in [3.63, 3.8) is 0 Å². The van der Waals surface area contributed by atoms with Crippen LogP contribution in [-0.2, 0) is 0 Å². The number of aromatic nitrogens is 1. The largest absolute Gasteiger partial charge is 0.387 e. The Labute approximate surface area is 120 Å². The van der Waals surface area contributed by atoms with Crippen LogP contribution in [0.3, 0.4) is 0 Å². The molecule has 20 heavy (non-hydrogen) atoms. The van der Waals surface area contributed by atoms with Crippen LogP contribution < -0.4 is 5.32 Å². The van der Waals surface area contributed by atoms with Crippen molar-refractivity contribution in [1.29, 1.82) is 0 Å². The van der Waals surface area contributed by atoms with Crippen molar-refractivity contribution in [2.24, 2.45) is 0 Å². The predicted octanol–water partition coefficient (Wildman–Crippen LogP) is 1.15. The van der Waals surface area contributed by atoms with Crippen LogP contribution in [0.2, 0.25) is 0 Å². The first kappa shape index (κ1) is 16.7. The predicted molar refractivity (Wildman–Crippen MR) is 76.8 cm³/mol. The number of hydrogen-bond donors (Lipinski definition) is 2. The highest BCUT2D eigenvalue weighted by Gasteiger charge is 2.26. The van der Waals surface area contributed by atoms with Gasteiger partial charge < -0.3 is 19.8 Å². The molecule has 1 heterocycles. The molecule has 0 aliphatic heterocycles. The molecule has 0 saturated carbocycles. The molecule has 2 N–H and O–H groups in total. The molecule has 0 saturated heterocycles. The van der Waals surface area contributed by atoms with Gasteiger partial charge in [0.2, 0.25) is 0 Å². The van der Waals surface area contributed by atoms with Crippen molar-refractivity contribution in [2.75, 3.05) is 27.2 Å². The van der Waals surface area contributed by atoms with Crippen molar-refractivity contribution in [1.82, 2.24) is 15.4 Å². The number of hydrogen-bond acceptors (Lipinski definition) is 5. The highest BCUT2D eigenvalue weighted by atomic mass is 16.5. The Morgan fingerprint density at radius 3 is 2.60 bits per heavy atom. The van der Waals surface area contributed by atoms with Gasteiger partial charge in [0.15, 0.2) is 5.76 Å². The molecule has 0 radical (unpaired) electrons. The number of likely N-dealkylation sites (N-methyl/N-ethyl adjacent to an activating group) is 1. The summed E-state index contributed by atoms with van der Waals surface area (Å²) in [5.74, 6) is 0.401. The number of rotatable bonds is 6. The summed E-state index contributed by atoms with van der Waals surface area (Å²) >= 11 is 0. The fourth-order valence-corrected chi connectivity index (χ4v) is 2.15. The maximum absolute atomic E-state index is 12.2. The molecular formula is C14H25N3O3. The van der Waals surface area contributed by atoms with E-state index in [4.69, 9.17) is 4.52 Å². The first-order valence-corrected chi connectivity index (χ1v) is 6.75. The summed E-state index contributed by atoms with van der Waals surface area (Å²) in [7, 11) is 3.74. The lowest BCUT2D eigenvalue weighted by Gasteiger charge is -2.27. The highest BCUT2D eigenvalue weighted by Crippen LogP contribution is 2.22. The number of aliphatic hydroxyl groups is 1. The van der Waals surface area contributed by atoms with E-state index in [-0.39, 0.29) is 18.4 Å². The summed E-state index contributed by atoms with van der Waals surface area (Å²) in [5, 5.41) is 16.8. The third-order valence-electron chi connectivity index (χ3n) is 2.93. The number of nitrogens with zero attached hydrogens (tertiary/aromatic N) is 2. The Kier molecular flexibility index (Phi) is 5.30. The van der Waals surface area contributed by atoms with E-state index in [1.54, 1.807) is 13.8 Å². The molecule has 0 spiro atoms. The van der Waals surface area contributed by atoms with Gasteiger partial charge in [0.05, 0.1) is 11.3 Å². The van der Waals surface area contributed by atoms with E-state index in [0.717, 1.165) is 0 Å². The van der Waals surface area contributed by atoms with Gasteiger partial charge in [0.1, 0.15) is 5.56 Å². The lowest BCUT2D eigenvalue weighted by molar-refractivity contribution is 0.0325. The molecule has 0 bridgehead atoms. The fraction of sp³-hybridized carbons (Fsp3) is 0.714. The van der Waals surface area contributed by atoms with E-state index in [1.807, 2.05) is 32.8 Å². The smallest absolute Gasteiger partial charge is 0.256 e. The Hall–Kier alpha value is -1.40. The quantitative estimate of drug-likeness (QED) is 0.819. The van der Waals surface area contributed by atoms with E-state index in [9.17, 15) is 9.90 Å². The average Bonchev–Trinajstić information content (AvgIpc) is 2.66. The molecule has 0 aliphatic rings. The third kappa shape index (κ3) is 4.31. The molecule has 1 atom stereocenters. The number of aryl methyl sites for hydroxylation is 1. The molecular weight excluding hydrogens is 258 g/mol. The van der Waals surface area contributed by atoms with Crippen molar-refractivity contribution in [2.45, 2.75) is 39.2 Å². The maximum Gasteiger partial charge on any atom is 0.256 e. The van der Waals surface area contributed by atoms with Crippen LogP contribution in [-0.4, -0.2) is 53.9 Å². The zero-order chi connectivity index (χ0) is 15.5. The maximum atomic E-state index is 12.2. The number of carbonyl (C=O) groups is 1. The highest BCUT2D eigenvalue weighted by molar-refractivity contribution is 5.96. The van der Waals surface area contributed by atoms with Gasteiger partial charge in [-0.15, -0.1) is 0 Å². The summed E-state index contributed by atoms with van der Waals surface area (Å²) in [4.78, 5) is 14.1. The van der Waals surface area contributed by atoms with Crippen molar-refractivity contribution in [3.05, 3.63) is 17.0 Å². The van der Waals surface area contributed by atoms with Crippen molar-refractivity contribution < 1.29 is 14.4 Å². The molecule has 6 heteroatoms. The molecule has 1 rings (SSSR count). The Morgan fingerprint density at radius 2 is 2.10 bits per heavy atom. The number of amides is 1. The van der Waals surface area contributed by atoms with Crippen molar-refractivity contribution >= 4 is 5.91 Å². The summed E-state index contributed by atoms with van der Waals surface area (Å²) in [5.41, 5.74) is 0.0569. The Morgan fingerprint density at radius 1 is 1.50 bits per heavy atom.